The fourth-order valence-electron chi connectivity index (χ4n) is 7.82. The zero-order chi connectivity index (χ0) is 30.2. The van der Waals surface area contributed by atoms with Gasteiger partial charge in [-0.3, -0.25) is 4.98 Å². The number of fused-ring (bicyclic) bond motifs is 8. The van der Waals surface area contributed by atoms with Crippen molar-refractivity contribution in [2.24, 2.45) is 15.9 Å². The standard InChI is InChI=1S/C42H28N4/c1-2-9-29(10-3-1)40-44-41(30-20-21-32-33-14-6-11-26-12-7-15-34(36(26)33)35(32)24-30)46-42(45-40)39-38-28(22-23-43-39)19-18-27-17-16-25-8-4-5-13-31(25)37(27)38/h1-24,27,37,42H,(H,44,45,46). The van der Waals surface area contributed by atoms with E-state index in [1.165, 1.54) is 55.3 Å². The predicted octanol–water partition coefficient (Wildman–Crippen LogP) is 9.18. The van der Waals surface area contributed by atoms with Crippen LogP contribution < -0.4 is 5.32 Å². The second kappa shape index (κ2) is 9.82. The number of benzene rings is 5. The molecule has 10 rings (SSSR count). The second-order valence-electron chi connectivity index (χ2n) is 12.4. The molecular formula is C42H28N4. The largest absolute Gasteiger partial charge is 0.343 e. The Balaban J connectivity index is 1.14. The summed E-state index contributed by atoms with van der Waals surface area (Å²) in [5.74, 6) is 1.94. The molecular weight excluding hydrogens is 560 g/mol. The highest BCUT2D eigenvalue weighted by atomic mass is 15.2. The molecule has 2 heterocycles. The summed E-state index contributed by atoms with van der Waals surface area (Å²) in [6.45, 7) is 0. The molecule has 4 nitrogen and oxygen atoms in total. The summed E-state index contributed by atoms with van der Waals surface area (Å²) in [6.07, 6.45) is 10.7. The highest BCUT2D eigenvalue weighted by molar-refractivity contribution is 6.18. The molecule has 3 unspecified atom stereocenters. The van der Waals surface area contributed by atoms with Gasteiger partial charge in [-0.2, -0.15) is 0 Å². The highest BCUT2D eigenvalue weighted by Gasteiger charge is 2.35. The minimum Gasteiger partial charge on any atom is -0.343 e. The molecule has 4 heteroatoms. The van der Waals surface area contributed by atoms with E-state index < -0.39 is 6.17 Å². The molecule has 1 aliphatic heterocycles. The van der Waals surface area contributed by atoms with Crippen molar-refractivity contribution in [3.8, 4) is 22.3 Å². The van der Waals surface area contributed by atoms with Crippen LogP contribution in [-0.2, 0) is 0 Å². The summed E-state index contributed by atoms with van der Waals surface area (Å²) in [4.78, 5) is 15.6. The fourth-order valence-corrected chi connectivity index (χ4v) is 7.82. The average molecular weight is 589 g/mol. The van der Waals surface area contributed by atoms with Crippen molar-refractivity contribution in [1.82, 2.24) is 10.3 Å². The molecule has 46 heavy (non-hydrogen) atoms. The van der Waals surface area contributed by atoms with E-state index in [0.29, 0.717) is 5.84 Å². The number of nitrogens with one attached hydrogen (secondary N) is 1. The van der Waals surface area contributed by atoms with E-state index in [9.17, 15) is 0 Å². The highest BCUT2D eigenvalue weighted by Crippen LogP contribution is 2.48. The third-order valence-corrected chi connectivity index (χ3v) is 9.89. The van der Waals surface area contributed by atoms with Gasteiger partial charge in [0.15, 0.2) is 12.0 Å². The molecule has 0 saturated carbocycles. The molecule has 6 aromatic rings. The molecule has 0 fully saturated rings. The van der Waals surface area contributed by atoms with Gasteiger partial charge in [-0.15, -0.1) is 0 Å². The van der Waals surface area contributed by atoms with E-state index in [-0.39, 0.29) is 11.8 Å². The molecule has 3 atom stereocenters. The van der Waals surface area contributed by atoms with Gasteiger partial charge < -0.3 is 5.32 Å². The lowest BCUT2D eigenvalue weighted by Gasteiger charge is -2.35. The van der Waals surface area contributed by atoms with Gasteiger partial charge in [0.05, 0.1) is 5.69 Å². The SMILES string of the molecule is C1=CC2C=Cc3ccnc(C4N=C(c5ccc6c(c5)-c5cccc7cccc-6c57)N=C(c5ccccc5)N4)c3C2c2ccccc21. The van der Waals surface area contributed by atoms with Crippen LogP contribution in [0.15, 0.2) is 144 Å². The van der Waals surface area contributed by atoms with Crippen molar-refractivity contribution < 1.29 is 0 Å². The predicted molar refractivity (Wildman–Crippen MR) is 188 cm³/mol. The lowest BCUT2D eigenvalue weighted by atomic mass is 9.70. The van der Waals surface area contributed by atoms with E-state index in [0.717, 1.165) is 22.7 Å². The second-order valence-corrected chi connectivity index (χ2v) is 12.4. The van der Waals surface area contributed by atoms with Crippen LogP contribution in [0.3, 0.4) is 0 Å². The smallest absolute Gasteiger partial charge is 0.165 e. The van der Waals surface area contributed by atoms with Crippen LogP contribution in [0.5, 0.6) is 0 Å². The van der Waals surface area contributed by atoms with Crippen LogP contribution in [0, 0.1) is 5.92 Å². The molecule has 1 N–H and O–H groups in total. The van der Waals surface area contributed by atoms with Gasteiger partial charge in [-0.1, -0.05) is 127 Å². The first-order valence-corrected chi connectivity index (χ1v) is 15.9. The number of nitrogens with zero attached hydrogens (tertiary/aromatic N) is 3. The Morgan fingerprint density at radius 2 is 1.39 bits per heavy atom. The molecule has 5 aromatic carbocycles. The first-order chi connectivity index (χ1) is 22.8. The number of amidine groups is 2. The average Bonchev–Trinajstić information content (AvgIpc) is 3.45. The Labute approximate surface area is 267 Å². The molecule has 4 aliphatic rings. The molecule has 0 amide bonds. The van der Waals surface area contributed by atoms with Crippen LogP contribution in [-0.4, -0.2) is 16.7 Å². The minimum atomic E-state index is -0.406. The summed E-state index contributed by atoms with van der Waals surface area (Å²) >= 11 is 0. The van der Waals surface area contributed by atoms with Crippen LogP contribution in [0.25, 0.3) is 45.2 Å². The van der Waals surface area contributed by atoms with Gasteiger partial charge >= 0.3 is 0 Å². The van der Waals surface area contributed by atoms with E-state index in [2.05, 4.69) is 139 Å². The third kappa shape index (κ3) is 3.77. The number of rotatable bonds is 3. The van der Waals surface area contributed by atoms with Gasteiger partial charge in [0.1, 0.15) is 5.84 Å². The number of hydrogen-bond donors (Lipinski definition) is 1. The summed E-state index contributed by atoms with van der Waals surface area (Å²) in [5, 5.41) is 6.28. The zero-order valence-corrected chi connectivity index (χ0v) is 24.9. The summed E-state index contributed by atoms with van der Waals surface area (Å²) in [5.41, 5.74) is 13.0. The Hall–Kier alpha value is -5.87. The number of pyridine rings is 1. The Kier molecular flexibility index (Phi) is 5.43. The molecule has 0 bridgehead atoms. The summed E-state index contributed by atoms with van der Waals surface area (Å²) in [7, 11) is 0. The van der Waals surface area contributed by atoms with Crippen molar-refractivity contribution >= 4 is 34.6 Å². The Morgan fingerprint density at radius 3 is 2.26 bits per heavy atom. The first-order valence-electron chi connectivity index (χ1n) is 15.9. The van der Waals surface area contributed by atoms with Crippen molar-refractivity contribution in [3.63, 3.8) is 0 Å². The van der Waals surface area contributed by atoms with Gasteiger partial charge in [0, 0.05) is 29.2 Å². The van der Waals surface area contributed by atoms with E-state index in [1.807, 2.05) is 12.3 Å². The normalized spacial score (nSPS) is 19.8. The summed E-state index contributed by atoms with van der Waals surface area (Å²) in [6, 6.07) is 41.0. The minimum absolute atomic E-state index is 0.170. The first kappa shape index (κ1) is 25.5. The summed E-state index contributed by atoms with van der Waals surface area (Å²) < 4.78 is 0. The zero-order valence-electron chi connectivity index (χ0n) is 24.9. The molecule has 216 valence electrons. The number of aliphatic imine (C=N–C) groups is 2. The number of allylic oxidation sites excluding steroid dienone is 2. The molecule has 0 saturated heterocycles. The van der Waals surface area contributed by atoms with Crippen LogP contribution in [0.2, 0.25) is 0 Å². The maximum absolute atomic E-state index is 5.34. The Bertz CT molecular complexity index is 2360. The lowest BCUT2D eigenvalue weighted by molar-refractivity contribution is 0.603. The van der Waals surface area contributed by atoms with Crippen LogP contribution >= 0.6 is 0 Å². The monoisotopic (exact) mass is 588 g/mol. The molecule has 0 radical (unpaired) electrons. The topological polar surface area (TPSA) is 49.6 Å². The molecule has 3 aliphatic carbocycles. The third-order valence-electron chi connectivity index (χ3n) is 9.89. The number of hydrogen-bond acceptors (Lipinski definition) is 4. The van der Waals surface area contributed by atoms with Crippen molar-refractivity contribution in [2.75, 3.05) is 0 Å². The van der Waals surface area contributed by atoms with Gasteiger partial charge in [0.25, 0.3) is 0 Å². The van der Waals surface area contributed by atoms with Gasteiger partial charge in [-0.05, 0) is 67.4 Å². The Morgan fingerprint density at radius 1 is 0.609 bits per heavy atom. The van der Waals surface area contributed by atoms with E-state index in [4.69, 9.17) is 15.0 Å². The molecule has 1 aromatic heterocycles. The van der Waals surface area contributed by atoms with Gasteiger partial charge in [-0.25, -0.2) is 9.98 Å². The van der Waals surface area contributed by atoms with Crippen molar-refractivity contribution in [3.05, 3.63) is 173 Å². The molecule has 0 spiro atoms. The van der Waals surface area contributed by atoms with E-state index >= 15 is 0 Å². The van der Waals surface area contributed by atoms with Crippen LogP contribution in [0.4, 0.5) is 0 Å². The van der Waals surface area contributed by atoms with E-state index in [1.54, 1.807) is 0 Å². The maximum Gasteiger partial charge on any atom is 0.165 e. The lowest BCUT2D eigenvalue weighted by Crippen LogP contribution is -2.35. The van der Waals surface area contributed by atoms with Crippen molar-refractivity contribution in [2.45, 2.75) is 12.1 Å². The maximum atomic E-state index is 5.34. The fraction of sp³-hybridized carbons (Fsp3) is 0.0714. The van der Waals surface area contributed by atoms with Gasteiger partial charge in [0.2, 0.25) is 0 Å². The number of aromatic nitrogens is 1. The van der Waals surface area contributed by atoms with Crippen molar-refractivity contribution in [1.29, 1.82) is 0 Å². The van der Waals surface area contributed by atoms with Crippen LogP contribution in [0.1, 0.15) is 51.2 Å². The quantitative estimate of drug-likeness (QED) is 0.224.